The third kappa shape index (κ3) is 5.97. The molecule has 0 spiro atoms. The van der Waals surface area contributed by atoms with Gasteiger partial charge in [0.2, 0.25) is 0 Å². The lowest BCUT2D eigenvalue weighted by atomic mass is 9.73. The fourth-order valence-corrected chi connectivity index (χ4v) is 13.2. The van der Waals surface area contributed by atoms with Crippen LogP contribution in [0.2, 0.25) is 0 Å². The maximum absolute atomic E-state index is 4.42. The number of nitrogens with zero attached hydrogens (tertiary/aromatic N) is 2. The zero-order valence-corrected chi connectivity index (χ0v) is 40.2. The number of rotatable bonds is 6. The summed E-state index contributed by atoms with van der Waals surface area (Å²) in [5.41, 5.74) is 18.8. The van der Waals surface area contributed by atoms with E-state index in [1.54, 1.807) is 0 Å². The first-order valence-electron chi connectivity index (χ1n) is 24.0. The van der Waals surface area contributed by atoms with E-state index in [9.17, 15) is 0 Å². The quantitative estimate of drug-likeness (QED) is 0.153. The molecule has 2 aliphatic heterocycles. The van der Waals surface area contributed by atoms with E-state index in [1.807, 2.05) is 23.5 Å². The monoisotopic (exact) mass is 902 g/mol. The molecule has 0 fully saturated rings. The highest BCUT2D eigenvalue weighted by atomic mass is 32.1. The number of benzene rings is 10. The Morgan fingerprint density at radius 2 is 0.870 bits per heavy atom. The predicted molar refractivity (Wildman–Crippen MR) is 299 cm³/mol. The molecule has 0 atom stereocenters. The van der Waals surface area contributed by atoms with E-state index in [0.717, 1.165) is 28.1 Å². The lowest BCUT2D eigenvalue weighted by Crippen LogP contribution is -2.30. The van der Waals surface area contributed by atoms with Crippen LogP contribution in [-0.4, -0.2) is 0 Å². The first-order valence-corrected chi connectivity index (χ1v) is 24.8. The van der Waals surface area contributed by atoms with Gasteiger partial charge in [0.15, 0.2) is 0 Å². The van der Waals surface area contributed by atoms with Gasteiger partial charge in [-0.3, -0.25) is 0 Å². The SMILES string of the molecule is C=Cc1cccc(-c2c3ccc(N4c5ccccc5C(C)(C)c5ccccc54)cc3c(-c3ccc4sc5ccccc5c4c3)c3ccc(N4c5ccccc5C(C)(C)c5ccccc54)cc23)c1C=C. The van der Waals surface area contributed by atoms with E-state index >= 15 is 0 Å². The lowest BCUT2D eigenvalue weighted by molar-refractivity contribution is 0.632. The summed E-state index contributed by atoms with van der Waals surface area (Å²) in [5, 5.41) is 7.31. The molecule has 13 rings (SSSR count). The average molecular weight is 903 g/mol. The molecule has 0 radical (unpaired) electrons. The Bertz CT molecular complexity index is 3880. The second-order valence-electron chi connectivity index (χ2n) is 19.7. The molecule has 330 valence electrons. The molecule has 1 aromatic heterocycles. The van der Waals surface area contributed by atoms with Crippen LogP contribution in [0.5, 0.6) is 0 Å². The molecule has 0 bridgehead atoms. The number of fused-ring (bicyclic) bond motifs is 9. The Kier molecular flexibility index (Phi) is 9.12. The van der Waals surface area contributed by atoms with Crippen molar-refractivity contribution in [3.05, 3.63) is 241 Å². The van der Waals surface area contributed by atoms with Crippen molar-refractivity contribution >= 4 is 99.3 Å². The molecule has 69 heavy (non-hydrogen) atoms. The standard InChI is InChI=1S/C66H50N2S/c1-7-41-20-19-22-47(45(41)8-2)64-49-36-34-43(67-57-27-14-10-23-53(57)65(3,4)54-24-11-15-28-58(54)67)39-51(49)63(42-32-37-62-50(38-42)46-21-9-18-31-61(46)69-62)48-35-33-44(40-52(48)64)68-59-29-16-12-25-55(59)66(5,6)56-26-13-17-30-60(56)68/h7-40H,1-2H2,3-6H3. The van der Waals surface area contributed by atoms with Gasteiger partial charge < -0.3 is 9.80 Å². The van der Waals surface area contributed by atoms with Gasteiger partial charge in [0.1, 0.15) is 0 Å². The van der Waals surface area contributed by atoms with E-state index in [1.165, 1.54) is 103 Å². The van der Waals surface area contributed by atoms with Crippen LogP contribution >= 0.6 is 11.3 Å². The van der Waals surface area contributed by atoms with Gasteiger partial charge in [-0.15, -0.1) is 11.3 Å². The minimum absolute atomic E-state index is 0.173. The lowest BCUT2D eigenvalue weighted by Gasteiger charge is -2.42. The second-order valence-corrected chi connectivity index (χ2v) is 20.8. The van der Waals surface area contributed by atoms with Crippen LogP contribution in [0.4, 0.5) is 34.1 Å². The molecule has 2 nitrogen and oxygen atoms in total. The fourth-order valence-electron chi connectivity index (χ4n) is 12.1. The molecule has 3 heterocycles. The minimum atomic E-state index is -0.174. The predicted octanol–water partition coefficient (Wildman–Crippen LogP) is 19.2. The van der Waals surface area contributed by atoms with Gasteiger partial charge in [0.25, 0.3) is 0 Å². The number of para-hydroxylation sites is 4. The molecule has 2 aliphatic rings. The van der Waals surface area contributed by atoms with E-state index in [2.05, 4.69) is 245 Å². The number of hydrogen-bond acceptors (Lipinski definition) is 3. The van der Waals surface area contributed by atoms with Crippen LogP contribution in [-0.2, 0) is 10.8 Å². The fraction of sp³-hybridized carbons (Fsp3) is 0.0909. The molecule has 0 aliphatic carbocycles. The Morgan fingerprint density at radius 3 is 1.41 bits per heavy atom. The summed E-state index contributed by atoms with van der Waals surface area (Å²) in [6.07, 6.45) is 3.97. The van der Waals surface area contributed by atoms with Crippen LogP contribution in [0.15, 0.2) is 207 Å². The average Bonchev–Trinajstić information content (AvgIpc) is 3.76. The number of hydrogen-bond donors (Lipinski definition) is 0. The number of anilines is 6. The molecular weight excluding hydrogens is 853 g/mol. The van der Waals surface area contributed by atoms with Crippen molar-refractivity contribution in [2.45, 2.75) is 38.5 Å². The highest BCUT2D eigenvalue weighted by Crippen LogP contribution is 2.56. The highest BCUT2D eigenvalue weighted by molar-refractivity contribution is 7.25. The summed E-state index contributed by atoms with van der Waals surface area (Å²) in [7, 11) is 0. The maximum atomic E-state index is 4.42. The van der Waals surface area contributed by atoms with Gasteiger partial charge in [-0.1, -0.05) is 180 Å². The minimum Gasteiger partial charge on any atom is -0.310 e. The molecule has 3 heteroatoms. The number of thiophene rings is 1. The maximum Gasteiger partial charge on any atom is 0.0502 e. The Morgan fingerprint density at radius 1 is 0.391 bits per heavy atom. The van der Waals surface area contributed by atoms with E-state index in [-0.39, 0.29) is 10.8 Å². The third-order valence-electron chi connectivity index (χ3n) is 15.4. The topological polar surface area (TPSA) is 6.48 Å². The van der Waals surface area contributed by atoms with Crippen molar-refractivity contribution in [2.24, 2.45) is 0 Å². The third-order valence-corrected chi connectivity index (χ3v) is 16.5. The van der Waals surface area contributed by atoms with Crippen molar-refractivity contribution in [3.8, 4) is 22.3 Å². The summed E-state index contributed by atoms with van der Waals surface area (Å²) < 4.78 is 2.59. The van der Waals surface area contributed by atoms with Crippen molar-refractivity contribution in [2.75, 3.05) is 9.80 Å². The van der Waals surface area contributed by atoms with Crippen LogP contribution in [0.25, 0.3) is 76.1 Å². The first-order chi connectivity index (χ1) is 33.7. The normalized spacial score (nSPS) is 14.4. The van der Waals surface area contributed by atoms with Gasteiger partial charge in [-0.05, 0) is 144 Å². The van der Waals surface area contributed by atoms with Crippen molar-refractivity contribution in [1.82, 2.24) is 0 Å². The Hall–Kier alpha value is -7.98. The van der Waals surface area contributed by atoms with Crippen LogP contribution in [0, 0.1) is 0 Å². The zero-order valence-electron chi connectivity index (χ0n) is 39.3. The van der Waals surface area contributed by atoms with E-state index in [0.29, 0.717) is 0 Å². The Balaban J connectivity index is 1.17. The highest BCUT2D eigenvalue weighted by Gasteiger charge is 2.38. The molecule has 0 amide bonds. The zero-order chi connectivity index (χ0) is 46.8. The second kappa shape index (κ2) is 15.3. The molecule has 0 saturated heterocycles. The first kappa shape index (κ1) is 41.2. The van der Waals surface area contributed by atoms with Crippen molar-refractivity contribution in [3.63, 3.8) is 0 Å². The van der Waals surface area contributed by atoms with Crippen molar-refractivity contribution < 1.29 is 0 Å². The summed E-state index contributed by atoms with van der Waals surface area (Å²) in [4.78, 5) is 4.97. The molecule has 0 N–H and O–H groups in total. The summed E-state index contributed by atoms with van der Waals surface area (Å²) >= 11 is 1.86. The summed E-state index contributed by atoms with van der Waals surface area (Å²) in [6, 6.07) is 72.7. The summed E-state index contributed by atoms with van der Waals surface area (Å²) in [6.45, 7) is 18.1. The molecule has 11 aromatic rings. The van der Waals surface area contributed by atoms with Gasteiger partial charge in [-0.2, -0.15) is 0 Å². The van der Waals surface area contributed by atoms with E-state index in [4.69, 9.17) is 0 Å². The molecule has 0 unspecified atom stereocenters. The van der Waals surface area contributed by atoms with E-state index < -0.39 is 0 Å². The van der Waals surface area contributed by atoms with Crippen LogP contribution in [0.3, 0.4) is 0 Å². The largest absolute Gasteiger partial charge is 0.310 e. The summed E-state index contributed by atoms with van der Waals surface area (Å²) in [5.74, 6) is 0. The van der Waals surface area contributed by atoms with Crippen LogP contribution in [0.1, 0.15) is 61.1 Å². The van der Waals surface area contributed by atoms with Gasteiger partial charge in [-0.25, -0.2) is 0 Å². The molecule has 0 saturated carbocycles. The van der Waals surface area contributed by atoms with Gasteiger partial charge in [0, 0.05) is 42.4 Å². The smallest absolute Gasteiger partial charge is 0.0502 e. The van der Waals surface area contributed by atoms with Crippen LogP contribution < -0.4 is 9.80 Å². The van der Waals surface area contributed by atoms with Gasteiger partial charge in [0.05, 0.1) is 22.7 Å². The molecular formula is C66H50N2S. The molecule has 10 aromatic carbocycles. The van der Waals surface area contributed by atoms with Gasteiger partial charge >= 0.3 is 0 Å². The Labute approximate surface area is 408 Å². The van der Waals surface area contributed by atoms with Crippen molar-refractivity contribution in [1.29, 1.82) is 0 Å².